The average Bonchev–Trinajstić information content (AvgIpc) is 2.37. The quantitative estimate of drug-likeness (QED) is 0.582. The fourth-order valence-electron chi connectivity index (χ4n) is 0.814. The molecule has 1 aliphatic rings. The summed E-state index contributed by atoms with van der Waals surface area (Å²) in [4.78, 5) is 10.5. The maximum Gasteiger partial charge on any atom is 0.220 e. The highest BCUT2D eigenvalue weighted by molar-refractivity contribution is 7.80. The van der Waals surface area contributed by atoms with Crippen molar-refractivity contribution in [3.05, 3.63) is 0 Å². The minimum Gasteiger partial charge on any atom is -0.353 e. The second-order valence-electron chi connectivity index (χ2n) is 2.69. The third-order valence-electron chi connectivity index (χ3n) is 1.31. The van der Waals surface area contributed by atoms with Gasteiger partial charge in [0.25, 0.3) is 0 Å². The van der Waals surface area contributed by atoms with Crippen LogP contribution in [-0.2, 0) is 4.79 Å². The van der Waals surface area contributed by atoms with Crippen LogP contribution in [0.15, 0.2) is 0 Å². The second-order valence-corrected chi connectivity index (χ2v) is 3.06. The lowest BCUT2D eigenvalue weighted by Gasteiger charge is -2.01. The zero-order chi connectivity index (χ0) is 8.69. The van der Waals surface area contributed by atoms with Crippen LogP contribution in [0.5, 0.6) is 0 Å². The first-order valence-corrected chi connectivity index (χ1v) is 4.78. The van der Waals surface area contributed by atoms with E-state index in [2.05, 4.69) is 31.8 Å². The Labute approximate surface area is 74.2 Å². The summed E-state index contributed by atoms with van der Waals surface area (Å²) in [6.07, 6.45) is 2.90. The van der Waals surface area contributed by atoms with Gasteiger partial charge in [-0.25, -0.2) is 0 Å². The van der Waals surface area contributed by atoms with Crippen LogP contribution in [0, 0.1) is 0 Å². The standard InChI is InChI=1S/C5H9NOS.C3H8/c7-5-2-1-4(3-8)6-5;1-3-2/h4,8H,1-3H2,(H,6,7);3H2,1-2H3. The van der Waals surface area contributed by atoms with E-state index < -0.39 is 0 Å². The molecule has 2 nitrogen and oxygen atoms in total. The zero-order valence-corrected chi connectivity index (χ0v) is 8.16. The highest BCUT2D eigenvalue weighted by atomic mass is 32.1. The second kappa shape index (κ2) is 6.53. The molecule has 0 radical (unpaired) electrons. The highest BCUT2D eigenvalue weighted by Gasteiger charge is 2.18. The first-order chi connectivity index (χ1) is 5.24. The zero-order valence-electron chi connectivity index (χ0n) is 7.26. The molecule has 66 valence electrons. The number of carbonyl (C=O) groups excluding carboxylic acids is 1. The molecule has 0 spiro atoms. The van der Waals surface area contributed by atoms with Crippen molar-refractivity contribution in [3.8, 4) is 0 Å². The Bertz CT molecular complexity index is 117. The predicted molar refractivity (Wildman–Crippen MR) is 51.0 cm³/mol. The van der Waals surface area contributed by atoms with E-state index in [1.807, 2.05) is 0 Å². The third-order valence-corrected chi connectivity index (χ3v) is 1.75. The van der Waals surface area contributed by atoms with E-state index in [4.69, 9.17) is 0 Å². The average molecular weight is 175 g/mol. The van der Waals surface area contributed by atoms with E-state index in [1.54, 1.807) is 0 Å². The van der Waals surface area contributed by atoms with Crippen LogP contribution in [0.1, 0.15) is 33.1 Å². The molecule has 1 fully saturated rings. The Hall–Kier alpha value is -0.180. The number of thiol groups is 1. The lowest BCUT2D eigenvalue weighted by molar-refractivity contribution is -0.119. The van der Waals surface area contributed by atoms with E-state index in [9.17, 15) is 4.79 Å². The van der Waals surface area contributed by atoms with Gasteiger partial charge in [0.15, 0.2) is 0 Å². The van der Waals surface area contributed by atoms with Crippen molar-refractivity contribution in [1.82, 2.24) is 5.32 Å². The summed E-state index contributed by atoms with van der Waals surface area (Å²) in [5.41, 5.74) is 0. The number of hydrogen-bond acceptors (Lipinski definition) is 2. The Balaban J connectivity index is 0.000000292. The van der Waals surface area contributed by atoms with E-state index in [0.717, 1.165) is 12.2 Å². The van der Waals surface area contributed by atoms with E-state index >= 15 is 0 Å². The van der Waals surface area contributed by atoms with Gasteiger partial charge in [0, 0.05) is 18.2 Å². The molecule has 1 unspecified atom stereocenters. The topological polar surface area (TPSA) is 29.1 Å². The van der Waals surface area contributed by atoms with E-state index in [0.29, 0.717) is 12.5 Å². The van der Waals surface area contributed by atoms with Gasteiger partial charge in [0.1, 0.15) is 0 Å². The molecule has 1 atom stereocenters. The third kappa shape index (κ3) is 5.13. The number of hydrogen-bond donors (Lipinski definition) is 2. The molecular weight excluding hydrogens is 158 g/mol. The highest BCUT2D eigenvalue weighted by Crippen LogP contribution is 2.06. The SMILES string of the molecule is CCC.O=C1CCC(CS)N1. The van der Waals surface area contributed by atoms with Gasteiger partial charge in [0.2, 0.25) is 5.91 Å². The number of amides is 1. The number of nitrogens with one attached hydrogen (secondary N) is 1. The molecule has 3 heteroatoms. The van der Waals surface area contributed by atoms with Gasteiger partial charge in [0.05, 0.1) is 0 Å². The maximum atomic E-state index is 10.5. The summed E-state index contributed by atoms with van der Waals surface area (Å²) in [6, 6.07) is 0.339. The molecule has 0 bridgehead atoms. The molecule has 1 saturated heterocycles. The summed E-state index contributed by atoms with van der Waals surface area (Å²) in [5, 5.41) is 2.79. The normalized spacial score (nSPS) is 22.1. The Morgan fingerprint density at radius 2 is 2.18 bits per heavy atom. The first kappa shape index (κ1) is 10.8. The van der Waals surface area contributed by atoms with Gasteiger partial charge in [-0.3, -0.25) is 4.79 Å². The van der Waals surface area contributed by atoms with Crippen LogP contribution in [-0.4, -0.2) is 17.7 Å². The Morgan fingerprint density at radius 3 is 2.36 bits per heavy atom. The van der Waals surface area contributed by atoms with Crippen LogP contribution >= 0.6 is 12.6 Å². The van der Waals surface area contributed by atoms with Crippen molar-refractivity contribution in [2.24, 2.45) is 0 Å². The van der Waals surface area contributed by atoms with Crippen molar-refractivity contribution in [3.63, 3.8) is 0 Å². The Morgan fingerprint density at radius 1 is 1.64 bits per heavy atom. The molecule has 0 aliphatic carbocycles. The van der Waals surface area contributed by atoms with Crippen molar-refractivity contribution in [2.45, 2.75) is 39.2 Å². The molecule has 1 amide bonds. The van der Waals surface area contributed by atoms with Crippen molar-refractivity contribution >= 4 is 18.5 Å². The molecule has 1 N–H and O–H groups in total. The number of rotatable bonds is 1. The summed E-state index contributed by atoms with van der Waals surface area (Å²) in [5.74, 6) is 0.940. The van der Waals surface area contributed by atoms with Crippen LogP contribution in [0.4, 0.5) is 0 Å². The largest absolute Gasteiger partial charge is 0.353 e. The van der Waals surface area contributed by atoms with Crippen LogP contribution in [0.25, 0.3) is 0 Å². The molecule has 11 heavy (non-hydrogen) atoms. The Kier molecular flexibility index (Phi) is 6.42. The van der Waals surface area contributed by atoms with Gasteiger partial charge in [-0.15, -0.1) is 0 Å². The number of carbonyl (C=O) groups is 1. The summed E-state index contributed by atoms with van der Waals surface area (Å²) in [7, 11) is 0. The fraction of sp³-hybridized carbons (Fsp3) is 0.875. The van der Waals surface area contributed by atoms with Crippen LogP contribution < -0.4 is 5.32 Å². The predicted octanol–water partition coefficient (Wildman–Crippen LogP) is 1.61. The van der Waals surface area contributed by atoms with E-state index in [-0.39, 0.29) is 5.91 Å². The molecule has 0 aromatic rings. The van der Waals surface area contributed by atoms with Gasteiger partial charge < -0.3 is 5.32 Å². The summed E-state index contributed by atoms with van der Waals surface area (Å²) in [6.45, 7) is 4.25. The summed E-state index contributed by atoms with van der Waals surface area (Å²) >= 11 is 4.04. The molecule has 1 rings (SSSR count). The lowest BCUT2D eigenvalue weighted by Crippen LogP contribution is -2.26. The van der Waals surface area contributed by atoms with Gasteiger partial charge >= 0.3 is 0 Å². The molecule has 0 aromatic carbocycles. The van der Waals surface area contributed by atoms with Crippen molar-refractivity contribution in [2.75, 3.05) is 5.75 Å². The molecule has 1 aliphatic heterocycles. The van der Waals surface area contributed by atoms with Crippen LogP contribution in [0.2, 0.25) is 0 Å². The van der Waals surface area contributed by atoms with Crippen LogP contribution in [0.3, 0.4) is 0 Å². The lowest BCUT2D eigenvalue weighted by atomic mass is 10.2. The maximum absolute atomic E-state index is 10.5. The monoisotopic (exact) mass is 175 g/mol. The molecular formula is C8H17NOS. The van der Waals surface area contributed by atoms with Gasteiger partial charge in [-0.2, -0.15) is 12.6 Å². The smallest absolute Gasteiger partial charge is 0.220 e. The molecule has 0 saturated carbocycles. The van der Waals surface area contributed by atoms with E-state index in [1.165, 1.54) is 6.42 Å². The minimum atomic E-state index is 0.170. The van der Waals surface area contributed by atoms with Gasteiger partial charge in [-0.05, 0) is 6.42 Å². The van der Waals surface area contributed by atoms with Gasteiger partial charge in [-0.1, -0.05) is 20.3 Å². The first-order valence-electron chi connectivity index (χ1n) is 4.14. The van der Waals surface area contributed by atoms with Crippen molar-refractivity contribution in [1.29, 1.82) is 0 Å². The summed E-state index contributed by atoms with van der Waals surface area (Å²) < 4.78 is 0. The van der Waals surface area contributed by atoms with Crippen molar-refractivity contribution < 1.29 is 4.79 Å². The minimum absolute atomic E-state index is 0.170. The fourth-order valence-corrected chi connectivity index (χ4v) is 1.09. The molecule has 0 aromatic heterocycles. The molecule has 1 heterocycles.